The zero-order valence-corrected chi connectivity index (χ0v) is 25.6. The van der Waals surface area contributed by atoms with Crippen LogP contribution >= 0.6 is 11.3 Å². The summed E-state index contributed by atoms with van der Waals surface area (Å²) in [7, 11) is 0. The number of halogens is 2. The minimum atomic E-state index is -0.897. The molecule has 4 aliphatic rings. The molecular weight excluding hydrogens is 596 g/mol. The quantitative estimate of drug-likeness (QED) is 0.323. The fourth-order valence-corrected chi connectivity index (χ4v) is 9.06. The van der Waals surface area contributed by atoms with Crippen molar-refractivity contribution in [3.05, 3.63) is 34.8 Å². The number of hydrogen-bond acceptors (Lipinski definition) is 11. The molecule has 0 amide bonds. The van der Waals surface area contributed by atoms with Gasteiger partial charge in [0.25, 0.3) is 0 Å². The molecule has 4 atom stereocenters. The average molecular weight is 628 g/mol. The molecule has 4 aromatic rings. The summed E-state index contributed by atoms with van der Waals surface area (Å²) in [6.45, 7) is 4.69. The van der Waals surface area contributed by atoms with Gasteiger partial charge in [-0.1, -0.05) is 0 Å². The lowest BCUT2D eigenvalue weighted by Crippen LogP contribution is -2.51. The summed E-state index contributed by atoms with van der Waals surface area (Å²) in [5.74, 6) is 0.0652. The molecule has 2 unspecified atom stereocenters. The van der Waals surface area contributed by atoms with Crippen molar-refractivity contribution in [1.29, 1.82) is 10.5 Å². The molecule has 4 fully saturated rings. The first-order valence-electron chi connectivity index (χ1n) is 15.3. The molecule has 230 valence electrons. The van der Waals surface area contributed by atoms with Crippen molar-refractivity contribution < 1.29 is 13.5 Å². The topological polar surface area (TPSA) is 140 Å². The second-order valence-electron chi connectivity index (χ2n) is 12.8. The number of pyridine rings is 1. The highest BCUT2D eigenvalue weighted by atomic mass is 32.1. The minimum absolute atomic E-state index is 0.0990. The number of nitrogens with two attached hydrogens (primary N) is 1. The van der Waals surface area contributed by atoms with Gasteiger partial charge in [0, 0.05) is 59.5 Å². The number of nitrogens with one attached hydrogen (secondary N) is 1. The fourth-order valence-electron chi connectivity index (χ4n) is 8.09. The summed E-state index contributed by atoms with van der Waals surface area (Å²) in [4.78, 5) is 19.0. The molecule has 4 saturated heterocycles. The monoisotopic (exact) mass is 627 g/mol. The number of benzene rings is 1. The van der Waals surface area contributed by atoms with Crippen molar-refractivity contribution in [1.82, 2.24) is 25.2 Å². The molecule has 2 bridgehead atoms. The number of aromatic nitrogens is 3. The van der Waals surface area contributed by atoms with Gasteiger partial charge in [0.2, 0.25) is 0 Å². The van der Waals surface area contributed by atoms with Gasteiger partial charge in [0.15, 0.2) is 5.82 Å². The fraction of sp³-hybridized carbons (Fsp3) is 0.469. The second kappa shape index (κ2) is 10.4. The van der Waals surface area contributed by atoms with Crippen molar-refractivity contribution in [2.45, 2.75) is 62.8 Å². The molecule has 3 N–H and O–H groups in total. The predicted octanol–water partition coefficient (Wildman–Crippen LogP) is 4.58. The normalized spacial score (nSPS) is 26.0. The van der Waals surface area contributed by atoms with Crippen LogP contribution < -0.4 is 20.7 Å². The van der Waals surface area contributed by atoms with E-state index in [-0.39, 0.29) is 28.7 Å². The van der Waals surface area contributed by atoms with E-state index in [2.05, 4.69) is 27.3 Å². The summed E-state index contributed by atoms with van der Waals surface area (Å²) < 4.78 is 36.4. The molecule has 45 heavy (non-hydrogen) atoms. The smallest absolute Gasteiger partial charge is 0.319 e. The van der Waals surface area contributed by atoms with Crippen molar-refractivity contribution in [2.75, 3.05) is 43.4 Å². The highest BCUT2D eigenvalue weighted by molar-refractivity contribution is 7.23. The van der Waals surface area contributed by atoms with Crippen LogP contribution in [0.25, 0.3) is 32.2 Å². The van der Waals surface area contributed by atoms with Gasteiger partial charge >= 0.3 is 6.01 Å². The number of thiophene rings is 1. The van der Waals surface area contributed by atoms with Gasteiger partial charge < -0.3 is 20.7 Å². The number of hydrogen-bond donors (Lipinski definition) is 2. The number of rotatable bonds is 5. The zero-order valence-electron chi connectivity index (χ0n) is 24.7. The lowest BCUT2D eigenvalue weighted by molar-refractivity contribution is 0.107. The molecule has 4 aliphatic heterocycles. The van der Waals surface area contributed by atoms with Crippen LogP contribution in [0.1, 0.15) is 48.9 Å². The van der Waals surface area contributed by atoms with Crippen LogP contribution in [0.3, 0.4) is 0 Å². The summed E-state index contributed by atoms with van der Waals surface area (Å²) in [6.07, 6.45) is 3.46. The van der Waals surface area contributed by atoms with E-state index in [0.717, 1.165) is 56.7 Å². The Labute approximate surface area is 262 Å². The minimum Gasteiger partial charge on any atom is -0.461 e. The van der Waals surface area contributed by atoms with E-state index in [1.165, 1.54) is 12.1 Å². The summed E-state index contributed by atoms with van der Waals surface area (Å²) >= 11 is 1.13. The van der Waals surface area contributed by atoms with Crippen molar-refractivity contribution in [2.24, 2.45) is 0 Å². The Morgan fingerprint density at radius 2 is 1.89 bits per heavy atom. The van der Waals surface area contributed by atoms with E-state index >= 15 is 4.39 Å². The van der Waals surface area contributed by atoms with E-state index in [4.69, 9.17) is 25.4 Å². The molecule has 0 radical (unpaired) electrons. The molecule has 0 aliphatic carbocycles. The van der Waals surface area contributed by atoms with E-state index in [1.807, 2.05) is 0 Å². The van der Waals surface area contributed by atoms with Crippen LogP contribution in [0.15, 0.2) is 12.1 Å². The summed E-state index contributed by atoms with van der Waals surface area (Å²) in [5.41, 5.74) is 8.17. The van der Waals surface area contributed by atoms with E-state index < -0.39 is 17.5 Å². The Bertz CT molecular complexity index is 1960. The number of alkyl halides is 1. The maximum Gasteiger partial charge on any atom is 0.319 e. The number of fused-ring (bicyclic) bond motifs is 5. The van der Waals surface area contributed by atoms with Crippen molar-refractivity contribution >= 4 is 43.3 Å². The van der Waals surface area contributed by atoms with Crippen molar-refractivity contribution in [3.8, 4) is 29.3 Å². The van der Waals surface area contributed by atoms with E-state index in [1.54, 1.807) is 6.92 Å². The first kappa shape index (κ1) is 28.3. The SMILES string of the molecule is Cc1nc2c(N3CC4CCC(C3)N4)nc(OC[C@@]34CCCN3C[C@H](F)C4)nc2c(C#N)c1-c1cc(F)cc2sc(N)c(C#N)c12. The summed E-state index contributed by atoms with van der Waals surface area (Å²) in [6, 6.07) is 7.87. The Morgan fingerprint density at radius 1 is 1.11 bits per heavy atom. The Kier molecular flexibility index (Phi) is 6.57. The number of anilines is 2. The number of ether oxygens (including phenoxy) is 1. The standard InChI is InChI=1S/C32H31F2N9OS/c1-16-25(21-7-17(33)8-24-26(21)23(11-36)29(37)45-24)22(10-35)27-28(38-16)30(42-13-19-3-4-20(14-42)39-19)41-31(40-27)44-15-32-5-2-6-43(32)12-18(34)9-32/h7-8,18-20,39H,2-6,9,12-15,37H2,1H3/t18-,19?,20?,32+/m1/s1. The summed E-state index contributed by atoms with van der Waals surface area (Å²) in [5, 5.41) is 25.0. The molecule has 8 rings (SSSR count). The zero-order chi connectivity index (χ0) is 31.0. The van der Waals surface area contributed by atoms with Gasteiger partial charge in [0.05, 0.1) is 16.7 Å². The molecule has 0 spiro atoms. The van der Waals surface area contributed by atoms with Crippen LogP contribution in [0.2, 0.25) is 0 Å². The molecule has 7 heterocycles. The third-order valence-electron chi connectivity index (χ3n) is 10.00. The largest absolute Gasteiger partial charge is 0.461 e. The molecule has 10 nitrogen and oxygen atoms in total. The molecule has 3 aromatic heterocycles. The van der Waals surface area contributed by atoms with Crippen LogP contribution in [-0.2, 0) is 0 Å². The lowest BCUT2D eigenvalue weighted by Gasteiger charge is -2.34. The van der Waals surface area contributed by atoms with Crippen LogP contribution in [0, 0.1) is 35.4 Å². The van der Waals surface area contributed by atoms with Gasteiger partial charge in [0.1, 0.15) is 46.8 Å². The highest BCUT2D eigenvalue weighted by Gasteiger charge is 2.49. The number of aryl methyl sites for hydroxylation is 1. The van der Waals surface area contributed by atoms with Gasteiger partial charge in [-0.3, -0.25) is 4.90 Å². The van der Waals surface area contributed by atoms with Crippen molar-refractivity contribution in [3.63, 3.8) is 0 Å². The van der Waals surface area contributed by atoms with Gasteiger partial charge in [-0.25, -0.2) is 13.8 Å². The maximum absolute atomic E-state index is 15.0. The molecule has 0 saturated carbocycles. The third kappa shape index (κ3) is 4.48. The van der Waals surface area contributed by atoms with Gasteiger partial charge in [-0.05, 0) is 56.8 Å². The Balaban J connectivity index is 1.32. The van der Waals surface area contributed by atoms with Crippen LogP contribution in [0.5, 0.6) is 6.01 Å². The average Bonchev–Trinajstić information content (AvgIpc) is 3.74. The maximum atomic E-state index is 15.0. The number of nitrogens with zero attached hydrogens (tertiary/aromatic N) is 7. The Hall–Kier alpha value is -4.17. The van der Waals surface area contributed by atoms with E-state index in [0.29, 0.717) is 68.8 Å². The van der Waals surface area contributed by atoms with Gasteiger partial charge in [-0.15, -0.1) is 11.3 Å². The lowest BCUT2D eigenvalue weighted by atomic mass is 9.93. The number of nitrogen functional groups attached to an aromatic ring is 1. The first-order valence-corrected chi connectivity index (χ1v) is 16.2. The first-order chi connectivity index (χ1) is 21.8. The molecule has 1 aromatic carbocycles. The second-order valence-corrected chi connectivity index (χ2v) is 13.9. The van der Waals surface area contributed by atoms with Crippen LogP contribution in [0.4, 0.5) is 19.6 Å². The third-order valence-corrected chi connectivity index (χ3v) is 11.0. The predicted molar refractivity (Wildman–Crippen MR) is 167 cm³/mol. The Morgan fingerprint density at radius 3 is 2.64 bits per heavy atom. The van der Waals surface area contributed by atoms with E-state index in [9.17, 15) is 14.9 Å². The molecular formula is C32H31F2N9OS. The highest BCUT2D eigenvalue weighted by Crippen LogP contribution is 2.44. The number of piperazine rings is 1. The van der Waals surface area contributed by atoms with Crippen LogP contribution in [-0.4, -0.2) is 76.4 Å². The molecule has 13 heteroatoms. The van der Waals surface area contributed by atoms with Gasteiger partial charge in [-0.2, -0.15) is 20.5 Å². The number of nitriles is 2.